The van der Waals surface area contributed by atoms with Crippen LogP contribution in [-0.2, 0) is 45.5 Å². The fourth-order valence-electron chi connectivity index (χ4n) is 6.88. The van der Waals surface area contributed by atoms with Crippen LogP contribution in [0.3, 0.4) is 0 Å². The highest BCUT2D eigenvalue weighted by atomic mass is 19.4. The zero-order chi connectivity index (χ0) is 41.3. The predicted molar refractivity (Wildman–Crippen MR) is 205 cm³/mol. The number of amides is 2. The second-order valence-electron chi connectivity index (χ2n) is 13.6. The number of benzene rings is 4. The number of nitrogens with one attached hydrogen (secondary N) is 1. The smallest absolute Gasteiger partial charge is 0.422 e. The molecule has 58 heavy (non-hydrogen) atoms. The largest absolute Gasteiger partial charge is 0.456 e. The van der Waals surface area contributed by atoms with Crippen LogP contribution in [0.1, 0.15) is 39.0 Å². The number of hydrogen-bond acceptors (Lipinski definition) is 9. The first-order valence-corrected chi connectivity index (χ1v) is 18.5. The van der Waals surface area contributed by atoms with Gasteiger partial charge in [0.25, 0.3) is 0 Å². The topological polar surface area (TPSA) is 141 Å². The third-order valence-corrected chi connectivity index (χ3v) is 9.65. The highest BCUT2D eigenvalue weighted by Gasteiger charge is 2.55. The van der Waals surface area contributed by atoms with Gasteiger partial charge in [-0.3, -0.25) is 9.59 Å². The first-order valence-electron chi connectivity index (χ1n) is 18.5. The number of fused-ring (bicyclic) bond motifs is 1. The van der Waals surface area contributed by atoms with E-state index in [4.69, 9.17) is 14.2 Å². The van der Waals surface area contributed by atoms with E-state index >= 15 is 0 Å². The summed E-state index contributed by atoms with van der Waals surface area (Å²) in [6.45, 7) is -2.09. The molecule has 2 amide bonds. The number of rotatable bonds is 14. The minimum Gasteiger partial charge on any atom is -0.456 e. The van der Waals surface area contributed by atoms with E-state index in [1.807, 2.05) is 91.0 Å². The molecule has 1 aliphatic carbocycles. The number of nitrogens with zero attached hydrogens (tertiary/aromatic N) is 1. The molecule has 302 valence electrons. The molecule has 1 aliphatic heterocycles. The molecule has 2 aliphatic rings. The molecule has 2 N–H and O–H groups in total. The summed E-state index contributed by atoms with van der Waals surface area (Å²) in [5.74, 6) is -4.66. The molecule has 0 aromatic heterocycles. The number of halogens is 3. The van der Waals surface area contributed by atoms with Crippen LogP contribution in [0.4, 0.5) is 13.2 Å². The van der Waals surface area contributed by atoms with Gasteiger partial charge in [0.1, 0.15) is 24.4 Å². The van der Waals surface area contributed by atoms with E-state index in [2.05, 4.69) is 10.1 Å². The molecule has 4 aromatic rings. The number of ether oxygens (including phenoxy) is 4. The molecule has 4 aromatic carbocycles. The Morgan fingerprint density at radius 1 is 0.897 bits per heavy atom. The quantitative estimate of drug-likeness (QED) is 0.125. The predicted octanol–water partition coefficient (Wildman–Crippen LogP) is 5.52. The lowest BCUT2D eigenvalue weighted by Gasteiger charge is -2.33. The molecular weight excluding hydrogens is 757 g/mol. The standard InChI is InChI=1S/C44H41F3N2O9/c1-49(35(40(52)48-23-24-50)25-29-13-5-2-6-14-29)41(53)31-26-36(56-42(54)34-20-12-11-15-30(34)21-22-38(51)55-28-43(45,46)47)39-37(27-31)57-44(58-39,32-16-7-3-8-17-32)33-18-9-4-10-19-33/h2-22,27,35-37,39,50H,23-26,28H2,1H3,(H,48,52). The van der Waals surface area contributed by atoms with Gasteiger partial charge in [-0.05, 0) is 29.3 Å². The molecular formula is C44H41F3N2O9. The van der Waals surface area contributed by atoms with Crippen LogP contribution in [0.25, 0.3) is 6.08 Å². The van der Waals surface area contributed by atoms with Crippen LogP contribution in [0.5, 0.6) is 0 Å². The minimum absolute atomic E-state index is 0.0196. The second-order valence-corrected chi connectivity index (χ2v) is 13.6. The van der Waals surface area contributed by atoms with Gasteiger partial charge < -0.3 is 34.3 Å². The van der Waals surface area contributed by atoms with E-state index in [-0.39, 0.29) is 42.7 Å². The van der Waals surface area contributed by atoms with Gasteiger partial charge in [-0.25, -0.2) is 9.59 Å². The molecule has 4 atom stereocenters. The first kappa shape index (κ1) is 41.5. The lowest BCUT2D eigenvalue weighted by atomic mass is 9.90. The fraction of sp³-hybridized carbons (Fsp3) is 0.273. The first-order chi connectivity index (χ1) is 27.9. The van der Waals surface area contributed by atoms with Crippen molar-refractivity contribution in [3.05, 3.63) is 161 Å². The van der Waals surface area contributed by atoms with Crippen molar-refractivity contribution < 1.29 is 56.4 Å². The van der Waals surface area contributed by atoms with Gasteiger partial charge in [0.15, 0.2) is 6.61 Å². The second kappa shape index (κ2) is 18.4. The molecule has 14 heteroatoms. The van der Waals surface area contributed by atoms with E-state index in [9.17, 15) is 37.5 Å². The minimum atomic E-state index is -4.72. The van der Waals surface area contributed by atoms with E-state index in [1.54, 1.807) is 18.2 Å². The van der Waals surface area contributed by atoms with Gasteiger partial charge in [0.2, 0.25) is 17.6 Å². The molecule has 4 unspecified atom stereocenters. The fourth-order valence-corrected chi connectivity index (χ4v) is 6.88. The summed E-state index contributed by atoms with van der Waals surface area (Å²) in [6.07, 6.45) is -4.23. The Morgan fingerprint density at radius 3 is 2.12 bits per heavy atom. The van der Waals surface area contributed by atoms with Crippen LogP contribution in [0.2, 0.25) is 0 Å². The average molecular weight is 799 g/mol. The Balaban J connectivity index is 1.34. The van der Waals surface area contributed by atoms with Gasteiger partial charge in [-0.15, -0.1) is 0 Å². The lowest BCUT2D eigenvalue weighted by molar-refractivity contribution is -0.182. The number of esters is 2. The molecule has 0 spiro atoms. The van der Waals surface area contributed by atoms with Gasteiger partial charge >= 0.3 is 18.1 Å². The zero-order valence-corrected chi connectivity index (χ0v) is 31.3. The molecule has 0 radical (unpaired) electrons. The van der Waals surface area contributed by atoms with Crippen LogP contribution < -0.4 is 5.32 Å². The molecule has 11 nitrogen and oxygen atoms in total. The number of aliphatic hydroxyl groups is 1. The maximum absolute atomic E-state index is 14.5. The summed E-state index contributed by atoms with van der Waals surface area (Å²) in [4.78, 5) is 55.3. The van der Waals surface area contributed by atoms with Gasteiger partial charge in [0, 0.05) is 49.2 Å². The summed E-state index contributed by atoms with van der Waals surface area (Å²) in [5.41, 5.74) is 2.36. The molecule has 0 saturated carbocycles. The van der Waals surface area contributed by atoms with E-state index < -0.39 is 66.7 Å². The Labute approximate surface area is 332 Å². The van der Waals surface area contributed by atoms with Crippen molar-refractivity contribution in [2.24, 2.45) is 0 Å². The highest BCUT2D eigenvalue weighted by Crippen LogP contribution is 2.47. The third-order valence-electron chi connectivity index (χ3n) is 9.65. The number of alkyl halides is 3. The monoisotopic (exact) mass is 798 g/mol. The normalized spacial score (nSPS) is 19.1. The Kier molecular flexibility index (Phi) is 13.2. The van der Waals surface area contributed by atoms with Crippen LogP contribution in [-0.4, -0.2) is 91.1 Å². The molecule has 0 bridgehead atoms. The highest BCUT2D eigenvalue weighted by molar-refractivity contribution is 5.98. The molecule has 6 rings (SSSR count). The number of aliphatic hydroxyl groups excluding tert-OH is 1. The van der Waals surface area contributed by atoms with E-state index in [0.29, 0.717) is 11.1 Å². The number of carbonyl (C=O) groups is 4. The van der Waals surface area contributed by atoms with Gasteiger partial charge in [-0.2, -0.15) is 13.2 Å². The van der Waals surface area contributed by atoms with E-state index in [1.165, 1.54) is 24.1 Å². The average Bonchev–Trinajstić information content (AvgIpc) is 3.65. The SMILES string of the molecule is CN(C(=O)C1=CC2OC(c3ccccc3)(c3ccccc3)OC2C(OC(=O)c2ccccc2C=CC(=O)OCC(F)(F)F)C1)C(Cc1ccccc1)C(=O)NCCO. The third kappa shape index (κ3) is 9.88. The van der Waals surface area contributed by atoms with Crippen molar-refractivity contribution in [2.45, 2.75) is 49.2 Å². The molecule has 1 fully saturated rings. The van der Waals surface area contributed by atoms with Gasteiger partial charge in [0.05, 0.1) is 12.2 Å². The summed E-state index contributed by atoms with van der Waals surface area (Å²) in [6, 6.07) is 32.4. The van der Waals surface area contributed by atoms with Crippen LogP contribution >= 0.6 is 0 Å². The number of hydrogen-bond donors (Lipinski definition) is 2. The van der Waals surface area contributed by atoms with Crippen molar-refractivity contribution in [1.29, 1.82) is 0 Å². The maximum Gasteiger partial charge on any atom is 0.422 e. The zero-order valence-electron chi connectivity index (χ0n) is 31.3. The molecule has 1 saturated heterocycles. The van der Waals surface area contributed by atoms with Crippen molar-refractivity contribution in [1.82, 2.24) is 10.2 Å². The summed E-state index contributed by atoms with van der Waals surface area (Å²) in [7, 11) is 1.49. The van der Waals surface area contributed by atoms with Crippen LogP contribution in [0.15, 0.2) is 133 Å². The number of likely N-dealkylation sites (N-methyl/N-ethyl adjacent to an activating group) is 1. The van der Waals surface area contributed by atoms with E-state index in [0.717, 1.165) is 17.7 Å². The lowest BCUT2D eigenvalue weighted by Crippen LogP contribution is -2.51. The summed E-state index contributed by atoms with van der Waals surface area (Å²) >= 11 is 0. The summed E-state index contributed by atoms with van der Waals surface area (Å²) < 4.78 is 61.8. The summed E-state index contributed by atoms with van der Waals surface area (Å²) in [5, 5.41) is 12.1. The van der Waals surface area contributed by atoms with Gasteiger partial charge in [-0.1, -0.05) is 109 Å². The Hall–Kier alpha value is -6.09. The van der Waals surface area contributed by atoms with Crippen molar-refractivity contribution in [3.8, 4) is 0 Å². The molecule has 1 heterocycles. The van der Waals surface area contributed by atoms with Crippen molar-refractivity contribution in [2.75, 3.05) is 26.8 Å². The van der Waals surface area contributed by atoms with Crippen LogP contribution in [0, 0.1) is 0 Å². The maximum atomic E-state index is 14.5. The van der Waals surface area contributed by atoms with Crippen molar-refractivity contribution in [3.63, 3.8) is 0 Å². The Morgan fingerprint density at radius 2 is 1.50 bits per heavy atom. The van der Waals surface area contributed by atoms with Crippen molar-refractivity contribution >= 4 is 29.8 Å². The Bertz CT molecular complexity index is 2090. The number of carbonyl (C=O) groups excluding carboxylic acids is 4.